The van der Waals surface area contributed by atoms with Crippen LogP contribution in [0.4, 0.5) is 18.9 Å². The minimum Gasteiger partial charge on any atom is -0.497 e. The van der Waals surface area contributed by atoms with Crippen molar-refractivity contribution in [3.05, 3.63) is 77.9 Å². The first-order valence-electron chi connectivity index (χ1n) is 8.84. The number of amides is 1. The summed E-state index contributed by atoms with van der Waals surface area (Å²) < 4.78 is 43.9. The van der Waals surface area contributed by atoms with Crippen LogP contribution in [0.25, 0.3) is 16.7 Å². The van der Waals surface area contributed by atoms with E-state index in [4.69, 9.17) is 4.74 Å². The summed E-state index contributed by atoms with van der Waals surface area (Å²) in [4.78, 5) is 13.5. The first-order chi connectivity index (χ1) is 14.3. The van der Waals surface area contributed by atoms with Crippen LogP contribution in [0.5, 0.6) is 5.75 Å². The van der Waals surface area contributed by atoms with E-state index in [1.54, 1.807) is 42.5 Å². The minimum absolute atomic E-state index is 0.185. The van der Waals surface area contributed by atoms with Gasteiger partial charge in [-0.25, -0.2) is 0 Å². The molecule has 0 fully saturated rings. The van der Waals surface area contributed by atoms with Gasteiger partial charge in [0.15, 0.2) is 0 Å². The summed E-state index contributed by atoms with van der Waals surface area (Å²) in [6, 6.07) is 16.3. The predicted octanol–water partition coefficient (Wildman–Crippen LogP) is 4.70. The number of carbonyl (C=O) groups is 1. The number of aromatic nitrogens is 3. The number of hydrogen-bond acceptors (Lipinski definition) is 4. The van der Waals surface area contributed by atoms with Crippen molar-refractivity contribution in [3.63, 3.8) is 0 Å². The zero-order valence-electron chi connectivity index (χ0n) is 15.6. The maximum Gasteiger partial charge on any atom is 0.416 e. The van der Waals surface area contributed by atoms with Crippen molar-refractivity contribution in [2.75, 3.05) is 12.4 Å². The molecule has 0 aliphatic rings. The van der Waals surface area contributed by atoms with Crippen molar-refractivity contribution in [2.24, 2.45) is 0 Å². The van der Waals surface area contributed by atoms with E-state index in [0.29, 0.717) is 28.0 Å². The number of carbonyl (C=O) groups excluding carboxylic acids is 1. The number of benzene rings is 3. The van der Waals surface area contributed by atoms with Crippen LogP contribution < -0.4 is 10.1 Å². The second-order valence-electron chi connectivity index (χ2n) is 6.42. The molecule has 6 nitrogen and oxygen atoms in total. The molecule has 0 unspecified atom stereocenters. The summed E-state index contributed by atoms with van der Waals surface area (Å²) in [6.07, 6.45) is -4.46. The van der Waals surface area contributed by atoms with Crippen molar-refractivity contribution >= 4 is 22.6 Å². The van der Waals surface area contributed by atoms with E-state index >= 15 is 0 Å². The monoisotopic (exact) mass is 412 g/mol. The molecular weight excluding hydrogens is 397 g/mol. The Bertz CT molecular complexity index is 1220. The van der Waals surface area contributed by atoms with Crippen LogP contribution in [-0.4, -0.2) is 28.0 Å². The van der Waals surface area contributed by atoms with Crippen LogP contribution in [0.1, 0.15) is 15.9 Å². The number of alkyl halides is 3. The summed E-state index contributed by atoms with van der Waals surface area (Å²) in [7, 11) is 1.54. The lowest BCUT2D eigenvalue weighted by atomic mass is 10.2. The third-order valence-electron chi connectivity index (χ3n) is 4.39. The zero-order chi connectivity index (χ0) is 21.3. The zero-order valence-corrected chi connectivity index (χ0v) is 15.6. The molecule has 4 rings (SSSR count). The van der Waals surface area contributed by atoms with Gasteiger partial charge in [0.25, 0.3) is 5.91 Å². The number of anilines is 1. The van der Waals surface area contributed by atoms with E-state index in [1.807, 2.05) is 0 Å². The third kappa shape index (κ3) is 3.95. The first-order valence-corrected chi connectivity index (χ1v) is 8.84. The summed E-state index contributed by atoms with van der Waals surface area (Å²) in [6.45, 7) is 0. The molecule has 30 heavy (non-hydrogen) atoms. The van der Waals surface area contributed by atoms with Crippen LogP contribution >= 0.6 is 0 Å². The van der Waals surface area contributed by atoms with Crippen LogP contribution in [0.3, 0.4) is 0 Å². The maximum atomic E-state index is 12.9. The molecule has 1 aromatic heterocycles. The van der Waals surface area contributed by atoms with E-state index < -0.39 is 11.7 Å². The highest BCUT2D eigenvalue weighted by molar-refractivity contribution is 6.05. The third-order valence-corrected chi connectivity index (χ3v) is 4.39. The average molecular weight is 412 g/mol. The van der Waals surface area contributed by atoms with Crippen molar-refractivity contribution in [2.45, 2.75) is 6.18 Å². The Morgan fingerprint density at radius 1 is 0.967 bits per heavy atom. The van der Waals surface area contributed by atoms with Crippen LogP contribution in [0, 0.1) is 0 Å². The molecule has 1 heterocycles. The molecule has 4 aromatic rings. The Balaban J connectivity index is 1.59. The Morgan fingerprint density at radius 3 is 2.40 bits per heavy atom. The summed E-state index contributed by atoms with van der Waals surface area (Å²) in [5, 5.41) is 11.2. The van der Waals surface area contributed by atoms with Gasteiger partial charge in [-0.1, -0.05) is 6.07 Å². The summed E-state index contributed by atoms with van der Waals surface area (Å²) >= 11 is 0. The lowest BCUT2D eigenvalue weighted by Crippen LogP contribution is -2.11. The number of hydrogen-bond donors (Lipinski definition) is 1. The SMILES string of the molecule is COc1ccc(C(=O)Nc2ccc3nn(-c4cccc(C(F)(F)F)c4)nc3c2)cc1. The number of halogens is 3. The molecular formula is C21H15F3N4O2. The Kier molecular flexibility index (Phi) is 4.86. The van der Waals surface area contributed by atoms with Gasteiger partial charge in [0.1, 0.15) is 16.8 Å². The largest absolute Gasteiger partial charge is 0.497 e. The van der Waals surface area contributed by atoms with Crippen LogP contribution in [0.15, 0.2) is 66.7 Å². The lowest BCUT2D eigenvalue weighted by molar-refractivity contribution is -0.137. The smallest absolute Gasteiger partial charge is 0.416 e. The maximum absolute atomic E-state index is 12.9. The number of fused-ring (bicyclic) bond motifs is 1. The molecule has 9 heteroatoms. The van der Waals surface area contributed by atoms with Crippen molar-refractivity contribution < 1.29 is 22.7 Å². The molecule has 0 radical (unpaired) electrons. The number of methoxy groups -OCH3 is 1. The average Bonchev–Trinajstić information content (AvgIpc) is 3.17. The second-order valence-corrected chi connectivity index (χ2v) is 6.42. The second kappa shape index (κ2) is 7.51. The fourth-order valence-corrected chi connectivity index (χ4v) is 2.86. The highest BCUT2D eigenvalue weighted by atomic mass is 19.4. The van der Waals surface area contributed by atoms with Crippen molar-refractivity contribution in [1.82, 2.24) is 15.0 Å². The minimum atomic E-state index is -4.46. The van der Waals surface area contributed by atoms with Gasteiger partial charge >= 0.3 is 6.18 Å². The quantitative estimate of drug-likeness (QED) is 0.528. The van der Waals surface area contributed by atoms with E-state index in [-0.39, 0.29) is 11.6 Å². The molecule has 0 saturated heterocycles. The van der Waals surface area contributed by atoms with Gasteiger partial charge in [0.05, 0.1) is 18.4 Å². The van der Waals surface area contributed by atoms with Gasteiger partial charge in [-0.15, -0.1) is 10.2 Å². The predicted molar refractivity (Wildman–Crippen MR) is 105 cm³/mol. The lowest BCUT2D eigenvalue weighted by Gasteiger charge is -2.07. The van der Waals surface area contributed by atoms with Crippen molar-refractivity contribution in [1.29, 1.82) is 0 Å². The van der Waals surface area contributed by atoms with Crippen molar-refractivity contribution in [3.8, 4) is 11.4 Å². The Hall–Kier alpha value is -3.88. The molecule has 1 N–H and O–H groups in total. The number of ether oxygens (including phenoxy) is 1. The molecule has 3 aromatic carbocycles. The molecule has 0 aliphatic heterocycles. The standard InChI is InChI=1S/C21H15F3N4O2/c1-30-17-8-5-13(6-9-17)20(29)25-15-7-10-18-19(12-15)27-28(26-18)16-4-2-3-14(11-16)21(22,23)24/h2-12H,1H3,(H,25,29). The van der Waals surface area contributed by atoms with E-state index in [1.165, 1.54) is 19.2 Å². The molecule has 1 amide bonds. The van der Waals surface area contributed by atoms with Gasteiger partial charge < -0.3 is 10.1 Å². The van der Waals surface area contributed by atoms with Crippen LogP contribution in [0.2, 0.25) is 0 Å². The van der Waals surface area contributed by atoms with Gasteiger partial charge in [-0.3, -0.25) is 4.79 Å². The number of rotatable bonds is 4. The highest BCUT2D eigenvalue weighted by Crippen LogP contribution is 2.30. The molecule has 0 aliphatic carbocycles. The molecule has 0 atom stereocenters. The van der Waals surface area contributed by atoms with E-state index in [9.17, 15) is 18.0 Å². The van der Waals surface area contributed by atoms with Gasteiger partial charge in [0, 0.05) is 11.3 Å². The topological polar surface area (TPSA) is 69.0 Å². The first kappa shape index (κ1) is 19.4. The fourth-order valence-electron chi connectivity index (χ4n) is 2.86. The van der Waals surface area contributed by atoms with Crippen LogP contribution in [-0.2, 0) is 6.18 Å². The summed E-state index contributed by atoms with van der Waals surface area (Å²) in [5.74, 6) is 0.321. The van der Waals surface area contributed by atoms with Gasteiger partial charge in [-0.05, 0) is 60.7 Å². The number of nitrogens with zero attached hydrogens (tertiary/aromatic N) is 3. The molecule has 0 saturated carbocycles. The Labute approximate surface area is 168 Å². The fraction of sp³-hybridized carbons (Fsp3) is 0.0952. The van der Waals surface area contributed by atoms with Gasteiger partial charge in [-0.2, -0.15) is 18.0 Å². The number of nitrogens with one attached hydrogen (secondary N) is 1. The normalized spacial score (nSPS) is 11.5. The highest BCUT2D eigenvalue weighted by Gasteiger charge is 2.30. The molecule has 0 spiro atoms. The van der Waals surface area contributed by atoms with E-state index in [0.717, 1.165) is 16.9 Å². The van der Waals surface area contributed by atoms with Gasteiger partial charge in [0.2, 0.25) is 0 Å². The summed E-state index contributed by atoms with van der Waals surface area (Å²) in [5.41, 5.74) is 1.25. The molecule has 152 valence electrons. The molecule has 0 bridgehead atoms. The Morgan fingerprint density at radius 2 is 1.70 bits per heavy atom. The van der Waals surface area contributed by atoms with E-state index in [2.05, 4.69) is 15.5 Å².